The first-order valence-corrected chi connectivity index (χ1v) is 7.83. The zero-order chi connectivity index (χ0) is 16.9. The van der Waals surface area contributed by atoms with Crippen molar-refractivity contribution in [3.63, 3.8) is 0 Å². The molecular weight excluding hydrogens is 296 g/mol. The Morgan fingerprint density at radius 1 is 1.26 bits per heavy atom. The topological polar surface area (TPSA) is 87.7 Å². The van der Waals surface area contributed by atoms with Crippen molar-refractivity contribution < 1.29 is 19.4 Å². The molecule has 126 valence electrons. The van der Waals surface area contributed by atoms with E-state index < -0.39 is 5.97 Å². The Morgan fingerprint density at radius 2 is 1.96 bits per heavy atom. The number of carbonyl (C=O) groups is 2. The molecule has 0 aromatic heterocycles. The smallest absolute Gasteiger partial charge is 0.335 e. The molecule has 1 aliphatic heterocycles. The van der Waals surface area contributed by atoms with Crippen molar-refractivity contribution in [2.24, 2.45) is 5.92 Å². The lowest BCUT2D eigenvalue weighted by Crippen LogP contribution is -2.42. The van der Waals surface area contributed by atoms with Crippen molar-refractivity contribution in [2.75, 3.05) is 13.2 Å². The standard InChI is InChI=1S/C17H24N2O4/c1-17(2)9-13(7-8-23-17)11-19-16(22)18-10-12-3-5-14(6-4-12)15(20)21/h3-6,13H,7-11H2,1-2H3,(H,20,21)(H2,18,19,22). The van der Waals surface area contributed by atoms with Crippen molar-refractivity contribution >= 4 is 12.0 Å². The minimum Gasteiger partial charge on any atom is -0.478 e. The van der Waals surface area contributed by atoms with Crippen molar-refractivity contribution in [1.29, 1.82) is 0 Å². The second-order valence-corrected chi connectivity index (χ2v) is 6.53. The zero-order valence-electron chi connectivity index (χ0n) is 13.6. The second kappa shape index (κ2) is 7.46. The van der Waals surface area contributed by atoms with Gasteiger partial charge in [0.1, 0.15) is 0 Å². The first-order chi connectivity index (χ1) is 10.9. The molecule has 1 aliphatic rings. The van der Waals surface area contributed by atoms with Crippen LogP contribution in [0.15, 0.2) is 24.3 Å². The van der Waals surface area contributed by atoms with Crippen molar-refractivity contribution in [2.45, 2.75) is 38.8 Å². The van der Waals surface area contributed by atoms with Crippen LogP contribution in [0.3, 0.4) is 0 Å². The first-order valence-electron chi connectivity index (χ1n) is 7.83. The van der Waals surface area contributed by atoms with Gasteiger partial charge in [0, 0.05) is 19.7 Å². The number of carboxylic acids is 1. The third-order valence-electron chi connectivity index (χ3n) is 4.00. The van der Waals surface area contributed by atoms with Crippen LogP contribution in [0.25, 0.3) is 0 Å². The van der Waals surface area contributed by atoms with Crippen molar-refractivity contribution in [3.05, 3.63) is 35.4 Å². The molecule has 0 aliphatic carbocycles. The molecule has 2 amide bonds. The third kappa shape index (κ3) is 5.56. The van der Waals surface area contributed by atoms with E-state index >= 15 is 0 Å². The molecule has 0 bridgehead atoms. The number of carboxylic acid groups (broad SMARTS) is 1. The molecule has 1 aromatic rings. The van der Waals surface area contributed by atoms with Gasteiger partial charge in [-0.2, -0.15) is 0 Å². The van der Waals surface area contributed by atoms with Crippen LogP contribution in [0.4, 0.5) is 4.79 Å². The van der Waals surface area contributed by atoms with Crippen LogP contribution in [0.5, 0.6) is 0 Å². The van der Waals surface area contributed by atoms with E-state index in [4.69, 9.17) is 9.84 Å². The first kappa shape index (κ1) is 17.3. The fourth-order valence-electron chi connectivity index (χ4n) is 2.78. The Balaban J connectivity index is 1.71. The molecule has 3 N–H and O–H groups in total. The Bertz CT molecular complexity index is 554. The molecule has 1 unspecified atom stereocenters. The van der Waals surface area contributed by atoms with E-state index in [0.717, 1.165) is 25.0 Å². The second-order valence-electron chi connectivity index (χ2n) is 6.53. The average molecular weight is 320 g/mol. The predicted octanol–water partition coefficient (Wildman–Crippen LogP) is 2.39. The lowest BCUT2D eigenvalue weighted by atomic mass is 9.88. The highest BCUT2D eigenvalue weighted by atomic mass is 16.5. The number of ether oxygens (including phenoxy) is 1. The van der Waals surface area contributed by atoms with Gasteiger partial charge in [0.15, 0.2) is 0 Å². The van der Waals surface area contributed by atoms with E-state index in [1.807, 2.05) is 0 Å². The molecule has 23 heavy (non-hydrogen) atoms. The predicted molar refractivity (Wildman–Crippen MR) is 86.4 cm³/mol. The molecule has 1 aromatic carbocycles. The molecule has 6 heteroatoms. The minimum absolute atomic E-state index is 0.118. The molecule has 0 spiro atoms. The lowest BCUT2D eigenvalue weighted by molar-refractivity contribution is -0.0714. The van der Waals surface area contributed by atoms with Crippen LogP contribution in [0.2, 0.25) is 0 Å². The Labute approximate surface area is 136 Å². The highest BCUT2D eigenvalue weighted by Crippen LogP contribution is 2.27. The number of benzene rings is 1. The van der Waals surface area contributed by atoms with Gasteiger partial charge in [0.25, 0.3) is 0 Å². The third-order valence-corrected chi connectivity index (χ3v) is 4.00. The Morgan fingerprint density at radius 3 is 2.57 bits per heavy atom. The molecule has 1 heterocycles. The molecular formula is C17H24N2O4. The maximum Gasteiger partial charge on any atom is 0.335 e. The van der Waals surface area contributed by atoms with Crippen molar-refractivity contribution in [3.8, 4) is 0 Å². The number of hydrogen-bond acceptors (Lipinski definition) is 3. The van der Waals surface area contributed by atoms with Gasteiger partial charge >= 0.3 is 12.0 Å². The normalized spacial score (nSPS) is 19.8. The maximum atomic E-state index is 11.8. The quantitative estimate of drug-likeness (QED) is 0.777. The van der Waals surface area contributed by atoms with E-state index in [1.54, 1.807) is 12.1 Å². The summed E-state index contributed by atoms with van der Waals surface area (Å²) < 4.78 is 5.66. The largest absolute Gasteiger partial charge is 0.478 e. The van der Waals surface area contributed by atoms with Gasteiger partial charge in [-0.25, -0.2) is 9.59 Å². The molecule has 1 saturated heterocycles. The summed E-state index contributed by atoms with van der Waals surface area (Å²) in [7, 11) is 0. The summed E-state index contributed by atoms with van der Waals surface area (Å²) in [5, 5.41) is 14.5. The maximum absolute atomic E-state index is 11.8. The van der Waals surface area contributed by atoms with Crippen LogP contribution >= 0.6 is 0 Å². The van der Waals surface area contributed by atoms with Crippen LogP contribution in [0.1, 0.15) is 42.6 Å². The van der Waals surface area contributed by atoms with Crippen LogP contribution in [0, 0.1) is 5.92 Å². The Hall–Kier alpha value is -2.08. The van der Waals surface area contributed by atoms with Crippen LogP contribution in [-0.4, -0.2) is 35.9 Å². The van der Waals surface area contributed by atoms with E-state index in [0.29, 0.717) is 19.0 Å². The summed E-state index contributed by atoms with van der Waals surface area (Å²) in [6, 6.07) is 6.25. The molecule has 1 atom stereocenters. The molecule has 6 nitrogen and oxygen atoms in total. The molecule has 1 fully saturated rings. The van der Waals surface area contributed by atoms with Gasteiger partial charge in [0.2, 0.25) is 0 Å². The van der Waals surface area contributed by atoms with Gasteiger partial charge < -0.3 is 20.5 Å². The minimum atomic E-state index is -0.957. The molecule has 0 radical (unpaired) electrons. The number of carbonyl (C=O) groups excluding carboxylic acids is 1. The number of urea groups is 1. The number of rotatable bonds is 5. The molecule has 0 saturated carbocycles. The zero-order valence-corrected chi connectivity index (χ0v) is 13.6. The summed E-state index contributed by atoms with van der Waals surface area (Å²) in [6.45, 7) is 5.87. The van der Waals surface area contributed by atoms with Gasteiger partial charge in [-0.1, -0.05) is 12.1 Å². The fourth-order valence-corrected chi connectivity index (χ4v) is 2.78. The highest BCUT2D eigenvalue weighted by Gasteiger charge is 2.28. The van der Waals surface area contributed by atoms with Gasteiger partial charge in [-0.05, 0) is 50.3 Å². The van der Waals surface area contributed by atoms with Crippen molar-refractivity contribution in [1.82, 2.24) is 10.6 Å². The van der Waals surface area contributed by atoms with E-state index in [2.05, 4.69) is 24.5 Å². The lowest BCUT2D eigenvalue weighted by Gasteiger charge is -2.35. The summed E-state index contributed by atoms with van der Waals surface area (Å²) >= 11 is 0. The van der Waals surface area contributed by atoms with E-state index in [1.165, 1.54) is 12.1 Å². The van der Waals surface area contributed by atoms with E-state index in [-0.39, 0.29) is 17.2 Å². The average Bonchev–Trinajstić information content (AvgIpc) is 2.50. The monoisotopic (exact) mass is 320 g/mol. The molecule has 2 rings (SSSR count). The summed E-state index contributed by atoms with van der Waals surface area (Å²) in [5.74, 6) is -0.527. The summed E-state index contributed by atoms with van der Waals surface area (Å²) in [4.78, 5) is 22.6. The van der Waals surface area contributed by atoms with Crippen LogP contribution in [-0.2, 0) is 11.3 Å². The van der Waals surface area contributed by atoms with E-state index in [9.17, 15) is 9.59 Å². The summed E-state index contributed by atoms with van der Waals surface area (Å²) in [5.41, 5.74) is 0.977. The van der Waals surface area contributed by atoms with Gasteiger partial charge in [0.05, 0.1) is 11.2 Å². The number of amides is 2. The number of aromatic carboxylic acids is 1. The summed E-state index contributed by atoms with van der Waals surface area (Å²) in [6.07, 6.45) is 1.89. The van der Waals surface area contributed by atoms with Gasteiger partial charge in [-0.3, -0.25) is 0 Å². The SMILES string of the molecule is CC1(C)CC(CNC(=O)NCc2ccc(C(=O)O)cc2)CCO1. The highest BCUT2D eigenvalue weighted by molar-refractivity contribution is 5.87. The van der Waals surface area contributed by atoms with Gasteiger partial charge in [-0.15, -0.1) is 0 Å². The van der Waals surface area contributed by atoms with Crippen LogP contribution < -0.4 is 10.6 Å². The number of hydrogen-bond donors (Lipinski definition) is 3. The fraction of sp³-hybridized carbons (Fsp3) is 0.529. The Kier molecular flexibility index (Phi) is 5.60. The number of nitrogens with one attached hydrogen (secondary N) is 2.